The van der Waals surface area contributed by atoms with Crippen molar-refractivity contribution in [2.24, 2.45) is 23.2 Å². The van der Waals surface area contributed by atoms with Gasteiger partial charge in [0.15, 0.2) is 0 Å². The summed E-state index contributed by atoms with van der Waals surface area (Å²) in [7, 11) is 0. The van der Waals surface area contributed by atoms with Crippen molar-refractivity contribution < 1.29 is 4.79 Å². The van der Waals surface area contributed by atoms with Gasteiger partial charge in [-0.25, -0.2) is 0 Å². The lowest BCUT2D eigenvalue weighted by molar-refractivity contribution is -0.124. The summed E-state index contributed by atoms with van der Waals surface area (Å²) in [5.74, 6) is 2.95. The average molecular weight is 208 g/mol. The molecular weight excluding hydrogens is 184 g/mol. The van der Waals surface area contributed by atoms with Crippen molar-refractivity contribution in [2.75, 3.05) is 0 Å². The van der Waals surface area contributed by atoms with Gasteiger partial charge in [-0.2, -0.15) is 0 Å². The number of rotatable bonds is 3. The van der Waals surface area contributed by atoms with E-state index in [9.17, 15) is 4.79 Å². The maximum Gasteiger partial charge on any atom is 0.136 e. The van der Waals surface area contributed by atoms with Crippen molar-refractivity contribution in [3.05, 3.63) is 0 Å². The molecule has 2 fully saturated rings. The largest absolute Gasteiger partial charge is 0.299 e. The van der Waals surface area contributed by atoms with Crippen LogP contribution < -0.4 is 0 Å². The fourth-order valence-electron chi connectivity index (χ4n) is 3.52. The molecule has 0 heterocycles. The van der Waals surface area contributed by atoms with Gasteiger partial charge in [0.25, 0.3) is 0 Å². The molecule has 0 aliphatic heterocycles. The summed E-state index contributed by atoms with van der Waals surface area (Å²) in [6.07, 6.45) is 7.69. The van der Waals surface area contributed by atoms with Crippen LogP contribution in [0.1, 0.15) is 59.3 Å². The fraction of sp³-hybridized carbons (Fsp3) is 0.929. The average Bonchev–Trinajstić information content (AvgIpc) is 2.98. The zero-order chi connectivity index (χ0) is 11.1. The van der Waals surface area contributed by atoms with Crippen molar-refractivity contribution in [1.29, 1.82) is 0 Å². The van der Waals surface area contributed by atoms with E-state index in [0.29, 0.717) is 5.78 Å². The van der Waals surface area contributed by atoms with E-state index in [1.165, 1.54) is 38.5 Å². The molecule has 2 saturated carbocycles. The third kappa shape index (κ3) is 1.98. The Hall–Kier alpha value is -0.330. The Morgan fingerprint density at radius 3 is 2.00 bits per heavy atom. The molecule has 0 atom stereocenters. The van der Waals surface area contributed by atoms with E-state index in [1.54, 1.807) is 0 Å². The van der Waals surface area contributed by atoms with Crippen molar-refractivity contribution in [3.63, 3.8) is 0 Å². The SMILES string of the molecule is CC(=O)C1(C2CCC(C(C)C)CC2)CC1. The summed E-state index contributed by atoms with van der Waals surface area (Å²) in [6, 6.07) is 0. The van der Waals surface area contributed by atoms with Crippen molar-refractivity contribution >= 4 is 5.78 Å². The van der Waals surface area contributed by atoms with Gasteiger partial charge in [-0.05, 0) is 63.2 Å². The Labute approximate surface area is 93.6 Å². The lowest BCUT2D eigenvalue weighted by atomic mass is 9.70. The van der Waals surface area contributed by atoms with Crippen LogP contribution in [0.3, 0.4) is 0 Å². The van der Waals surface area contributed by atoms with Crippen molar-refractivity contribution in [2.45, 2.75) is 59.3 Å². The predicted octanol–water partition coefficient (Wildman–Crippen LogP) is 3.82. The molecular formula is C14H24O. The van der Waals surface area contributed by atoms with Crippen LogP contribution >= 0.6 is 0 Å². The van der Waals surface area contributed by atoms with E-state index in [2.05, 4.69) is 13.8 Å². The Kier molecular flexibility index (Phi) is 2.92. The van der Waals surface area contributed by atoms with Gasteiger partial charge in [-0.15, -0.1) is 0 Å². The molecule has 2 rings (SSSR count). The number of hydrogen-bond donors (Lipinski definition) is 0. The molecule has 1 heteroatoms. The quantitative estimate of drug-likeness (QED) is 0.689. The number of carbonyl (C=O) groups excluding carboxylic acids is 1. The normalized spacial score (nSPS) is 34.1. The molecule has 2 aliphatic carbocycles. The first-order valence-electron chi connectivity index (χ1n) is 6.57. The first-order valence-corrected chi connectivity index (χ1v) is 6.57. The number of hydrogen-bond acceptors (Lipinski definition) is 1. The molecule has 0 aromatic rings. The maximum absolute atomic E-state index is 11.6. The molecule has 2 aliphatic rings. The molecule has 0 radical (unpaired) electrons. The van der Waals surface area contributed by atoms with Gasteiger partial charge in [0, 0.05) is 5.41 Å². The molecule has 86 valence electrons. The predicted molar refractivity (Wildman–Crippen MR) is 62.6 cm³/mol. The van der Waals surface area contributed by atoms with Gasteiger partial charge >= 0.3 is 0 Å². The van der Waals surface area contributed by atoms with Crippen LogP contribution in [-0.4, -0.2) is 5.78 Å². The lowest BCUT2D eigenvalue weighted by Crippen LogP contribution is -2.29. The third-order valence-electron chi connectivity index (χ3n) is 4.99. The zero-order valence-corrected chi connectivity index (χ0v) is 10.4. The molecule has 0 unspecified atom stereocenters. The standard InChI is InChI=1S/C14H24O/c1-10(2)12-4-6-13(7-5-12)14(8-9-14)11(3)15/h10,12-13H,4-9H2,1-3H3. The fourth-order valence-corrected chi connectivity index (χ4v) is 3.52. The van der Waals surface area contributed by atoms with Crippen molar-refractivity contribution in [3.8, 4) is 0 Å². The number of ketones is 1. The Morgan fingerprint density at radius 2 is 1.67 bits per heavy atom. The second-order valence-corrected chi connectivity index (χ2v) is 6.07. The van der Waals surface area contributed by atoms with Crippen LogP contribution in [0.4, 0.5) is 0 Å². The summed E-state index contributed by atoms with van der Waals surface area (Å²) in [6.45, 7) is 6.48. The van der Waals surface area contributed by atoms with E-state index in [4.69, 9.17) is 0 Å². The molecule has 1 nitrogen and oxygen atoms in total. The van der Waals surface area contributed by atoms with Gasteiger partial charge in [0.2, 0.25) is 0 Å². The molecule has 0 bridgehead atoms. The van der Waals surface area contributed by atoms with Crippen LogP contribution in [-0.2, 0) is 4.79 Å². The van der Waals surface area contributed by atoms with E-state index in [0.717, 1.165) is 17.8 Å². The Balaban J connectivity index is 1.91. The molecule has 0 aromatic heterocycles. The van der Waals surface area contributed by atoms with Crippen LogP contribution in [0.25, 0.3) is 0 Å². The summed E-state index contributed by atoms with van der Waals surface area (Å²) in [4.78, 5) is 11.6. The van der Waals surface area contributed by atoms with Crippen LogP contribution in [0, 0.1) is 23.2 Å². The van der Waals surface area contributed by atoms with E-state index >= 15 is 0 Å². The smallest absolute Gasteiger partial charge is 0.136 e. The van der Waals surface area contributed by atoms with Crippen LogP contribution in [0.5, 0.6) is 0 Å². The van der Waals surface area contributed by atoms with E-state index in [1.807, 2.05) is 6.92 Å². The van der Waals surface area contributed by atoms with Crippen LogP contribution in [0.15, 0.2) is 0 Å². The first-order chi connectivity index (χ1) is 7.06. The second kappa shape index (κ2) is 3.92. The minimum absolute atomic E-state index is 0.155. The van der Waals surface area contributed by atoms with Crippen molar-refractivity contribution in [1.82, 2.24) is 0 Å². The highest BCUT2D eigenvalue weighted by atomic mass is 16.1. The summed E-state index contributed by atoms with van der Waals surface area (Å²) >= 11 is 0. The summed E-state index contributed by atoms with van der Waals surface area (Å²) < 4.78 is 0. The Morgan fingerprint density at radius 1 is 1.13 bits per heavy atom. The van der Waals surface area contributed by atoms with Gasteiger partial charge in [-0.3, -0.25) is 4.79 Å². The summed E-state index contributed by atoms with van der Waals surface area (Å²) in [5.41, 5.74) is 0.155. The third-order valence-corrected chi connectivity index (χ3v) is 4.99. The highest BCUT2D eigenvalue weighted by molar-refractivity contribution is 5.85. The molecule has 0 N–H and O–H groups in total. The molecule has 0 aromatic carbocycles. The topological polar surface area (TPSA) is 17.1 Å². The molecule has 0 amide bonds. The molecule has 0 spiro atoms. The minimum atomic E-state index is 0.155. The molecule has 15 heavy (non-hydrogen) atoms. The lowest BCUT2D eigenvalue weighted by Gasteiger charge is -2.34. The maximum atomic E-state index is 11.6. The van der Waals surface area contributed by atoms with Gasteiger partial charge in [0.1, 0.15) is 5.78 Å². The highest BCUT2D eigenvalue weighted by Gasteiger charge is 2.53. The van der Waals surface area contributed by atoms with Gasteiger partial charge in [-0.1, -0.05) is 13.8 Å². The van der Waals surface area contributed by atoms with E-state index < -0.39 is 0 Å². The van der Waals surface area contributed by atoms with Crippen LogP contribution in [0.2, 0.25) is 0 Å². The van der Waals surface area contributed by atoms with Gasteiger partial charge in [0.05, 0.1) is 0 Å². The number of carbonyl (C=O) groups is 1. The molecule has 0 saturated heterocycles. The zero-order valence-electron chi connectivity index (χ0n) is 10.4. The Bertz CT molecular complexity index is 242. The summed E-state index contributed by atoms with van der Waals surface area (Å²) in [5, 5.41) is 0. The van der Waals surface area contributed by atoms with E-state index in [-0.39, 0.29) is 5.41 Å². The first kappa shape index (κ1) is 11.2. The number of Topliss-reactive ketones (excluding diaryl/α,β-unsaturated/α-hetero) is 1. The van der Waals surface area contributed by atoms with Gasteiger partial charge < -0.3 is 0 Å². The highest BCUT2D eigenvalue weighted by Crippen LogP contribution is 2.57. The minimum Gasteiger partial charge on any atom is -0.299 e. The monoisotopic (exact) mass is 208 g/mol. The second-order valence-electron chi connectivity index (χ2n) is 6.07.